The Bertz CT molecular complexity index is 454. The van der Waals surface area contributed by atoms with Crippen molar-refractivity contribution in [2.45, 2.75) is 32.7 Å². The molecule has 98 valence electrons. The number of rotatable bonds is 4. The van der Waals surface area contributed by atoms with E-state index in [0.29, 0.717) is 24.0 Å². The normalized spacial score (nSPS) is 18.9. The highest BCUT2D eigenvalue weighted by molar-refractivity contribution is 5.49. The standard InChI is InChI=1S/C13H18N2O3/c1-9-6-10(2)13(7-12(9)15(16)17)18-8-11-4-3-5-14-11/h6-7,11,14H,3-5,8H2,1-2H3. The predicted octanol–water partition coefficient (Wildman–Crippen LogP) is 2.34. The Kier molecular flexibility index (Phi) is 3.81. The Morgan fingerprint density at radius 1 is 1.44 bits per heavy atom. The Hall–Kier alpha value is -1.62. The van der Waals surface area contributed by atoms with Crippen LogP contribution in [0.2, 0.25) is 0 Å². The molecule has 0 aliphatic carbocycles. The van der Waals surface area contributed by atoms with E-state index in [9.17, 15) is 10.1 Å². The Balaban J connectivity index is 2.11. The molecule has 1 aromatic carbocycles. The van der Waals surface area contributed by atoms with Crippen molar-refractivity contribution in [2.24, 2.45) is 0 Å². The van der Waals surface area contributed by atoms with Crippen molar-refractivity contribution in [3.63, 3.8) is 0 Å². The quantitative estimate of drug-likeness (QED) is 0.658. The highest BCUT2D eigenvalue weighted by Crippen LogP contribution is 2.28. The van der Waals surface area contributed by atoms with Gasteiger partial charge in [-0.05, 0) is 44.9 Å². The summed E-state index contributed by atoms with van der Waals surface area (Å²) in [6, 6.07) is 3.69. The third-order valence-electron chi connectivity index (χ3n) is 3.29. The van der Waals surface area contributed by atoms with E-state index in [1.807, 2.05) is 6.92 Å². The fourth-order valence-electron chi connectivity index (χ4n) is 2.26. The van der Waals surface area contributed by atoms with Crippen molar-refractivity contribution in [3.8, 4) is 5.75 Å². The monoisotopic (exact) mass is 250 g/mol. The molecular weight excluding hydrogens is 232 g/mol. The van der Waals surface area contributed by atoms with Crippen LogP contribution in [0.1, 0.15) is 24.0 Å². The van der Waals surface area contributed by atoms with E-state index in [-0.39, 0.29) is 10.6 Å². The number of nitrogens with one attached hydrogen (secondary N) is 1. The van der Waals surface area contributed by atoms with Gasteiger partial charge in [0.1, 0.15) is 12.4 Å². The van der Waals surface area contributed by atoms with Gasteiger partial charge in [0.15, 0.2) is 0 Å². The van der Waals surface area contributed by atoms with Gasteiger partial charge in [-0.15, -0.1) is 0 Å². The lowest BCUT2D eigenvalue weighted by molar-refractivity contribution is -0.385. The summed E-state index contributed by atoms with van der Waals surface area (Å²) in [5.41, 5.74) is 1.73. The lowest BCUT2D eigenvalue weighted by Crippen LogP contribution is -2.28. The molecule has 0 bridgehead atoms. The largest absolute Gasteiger partial charge is 0.491 e. The lowest BCUT2D eigenvalue weighted by atomic mass is 10.1. The molecule has 1 saturated heterocycles. The molecule has 1 atom stereocenters. The third kappa shape index (κ3) is 2.79. The second-order valence-corrected chi connectivity index (χ2v) is 4.77. The molecular formula is C13H18N2O3. The topological polar surface area (TPSA) is 64.4 Å². The summed E-state index contributed by atoms with van der Waals surface area (Å²) in [6.07, 6.45) is 2.27. The van der Waals surface area contributed by atoms with Gasteiger partial charge in [0, 0.05) is 11.6 Å². The zero-order chi connectivity index (χ0) is 13.1. The summed E-state index contributed by atoms with van der Waals surface area (Å²) < 4.78 is 5.70. The van der Waals surface area contributed by atoms with Crippen LogP contribution in [-0.2, 0) is 0 Å². The summed E-state index contributed by atoms with van der Waals surface area (Å²) in [5.74, 6) is 0.612. The first-order valence-electron chi connectivity index (χ1n) is 6.19. The first kappa shape index (κ1) is 12.8. The molecule has 0 amide bonds. The number of aryl methyl sites for hydroxylation is 2. The number of ether oxygens (including phenoxy) is 1. The number of nitro benzene ring substituents is 1. The van der Waals surface area contributed by atoms with Gasteiger partial charge in [0.25, 0.3) is 5.69 Å². The van der Waals surface area contributed by atoms with E-state index in [0.717, 1.165) is 18.5 Å². The van der Waals surface area contributed by atoms with Gasteiger partial charge in [-0.1, -0.05) is 0 Å². The van der Waals surface area contributed by atoms with Crippen LogP contribution in [0, 0.1) is 24.0 Å². The zero-order valence-corrected chi connectivity index (χ0v) is 10.7. The first-order valence-corrected chi connectivity index (χ1v) is 6.19. The van der Waals surface area contributed by atoms with Crippen molar-refractivity contribution in [1.29, 1.82) is 0 Å². The maximum Gasteiger partial charge on any atom is 0.276 e. The lowest BCUT2D eigenvalue weighted by Gasteiger charge is -2.14. The van der Waals surface area contributed by atoms with E-state index >= 15 is 0 Å². The van der Waals surface area contributed by atoms with Gasteiger partial charge < -0.3 is 10.1 Å². The fourth-order valence-corrected chi connectivity index (χ4v) is 2.26. The molecule has 0 radical (unpaired) electrons. The first-order chi connectivity index (χ1) is 8.58. The minimum Gasteiger partial charge on any atom is -0.491 e. The van der Waals surface area contributed by atoms with Crippen LogP contribution in [0.3, 0.4) is 0 Å². The molecule has 2 rings (SSSR count). The number of benzene rings is 1. The highest BCUT2D eigenvalue weighted by Gasteiger charge is 2.17. The van der Waals surface area contributed by atoms with Gasteiger partial charge >= 0.3 is 0 Å². The molecule has 1 heterocycles. The summed E-state index contributed by atoms with van der Waals surface area (Å²) in [7, 11) is 0. The second-order valence-electron chi connectivity index (χ2n) is 4.77. The average molecular weight is 250 g/mol. The molecule has 1 aliphatic heterocycles. The minimum atomic E-state index is -0.366. The summed E-state index contributed by atoms with van der Waals surface area (Å²) in [5, 5.41) is 14.2. The number of nitrogens with zero attached hydrogens (tertiary/aromatic N) is 1. The van der Waals surface area contributed by atoms with Crippen LogP contribution in [0.4, 0.5) is 5.69 Å². The molecule has 18 heavy (non-hydrogen) atoms. The molecule has 0 saturated carbocycles. The summed E-state index contributed by atoms with van der Waals surface area (Å²) in [6.45, 7) is 5.25. The van der Waals surface area contributed by atoms with Crippen LogP contribution < -0.4 is 10.1 Å². The Morgan fingerprint density at radius 2 is 2.22 bits per heavy atom. The molecule has 5 nitrogen and oxygen atoms in total. The number of nitro groups is 1. The minimum absolute atomic E-state index is 0.120. The molecule has 0 spiro atoms. The van der Waals surface area contributed by atoms with Gasteiger partial charge in [0.2, 0.25) is 0 Å². The number of hydrogen-bond donors (Lipinski definition) is 1. The maximum atomic E-state index is 10.9. The summed E-state index contributed by atoms with van der Waals surface area (Å²) in [4.78, 5) is 10.5. The van der Waals surface area contributed by atoms with E-state index in [4.69, 9.17) is 4.74 Å². The molecule has 1 fully saturated rings. The molecule has 1 N–H and O–H groups in total. The van der Waals surface area contributed by atoms with Crippen LogP contribution in [-0.4, -0.2) is 24.1 Å². The van der Waals surface area contributed by atoms with Crippen LogP contribution in [0.15, 0.2) is 12.1 Å². The van der Waals surface area contributed by atoms with E-state index in [1.165, 1.54) is 12.5 Å². The molecule has 5 heteroatoms. The smallest absolute Gasteiger partial charge is 0.276 e. The van der Waals surface area contributed by atoms with Gasteiger partial charge in [0.05, 0.1) is 11.0 Å². The molecule has 1 aliphatic rings. The van der Waals surface area contributed by atoms with Gasteiger partial charge in [-0.3, -0.25) is 10.1 Å². The van der Waals surface area contributed by atoms with Crippen LogP contribution in [0.5, 0.6) is 5.75 Å². The summed E-state index contributed by atoms with van der Waals surface area (Å²) >= 11 is 0. The predicted molar refractivity (Wildman–Crippen MR) is 69.1 cm³/mol. The van der Waals surface area contributed by atoms with E-state index in [1.54, 1.807) is 13.0 Å². The van der Waals surface area contributed by atoms with E-state index in [2.05, 4.69) is 5.32 Å². The fraction of sp³-hybridized carbons (Fsp3) is 0.538. The van der Waals surface area contributed by atoms with Crippen LogP contribution in [0.25, 0.3) is 0 Å². The van der Waals surface area contributed by atoms with Crippen LogP contribution >= 0.6 is 0 Å². The van der Waals surface area contributed by atoms with Crippen molar-refractivity contribution >= 4 is 5.69 Å². The third-order valence-corrected chi connectivity index (χ3v) is 3.29. The Labute approximate surface area is 106 Å². The molecule has 1 aromatic rings. The highest BCUT2D eigenvalue weighted by atomic mass is 16.6. The number of hydrogen-bond acceptors (Lipinski definition) is 4. The van der Waals surface area contributed by atoms with Gasteiger partial charge in [-0.25, -0.2) is 0 Å². The van der Waals surface area contributed by atoms with Crippen molar-refractivity contribution in [2.75, 3.05) is 13.2 Å². The molecule has 1 unspecified atom stereocenters. The zero-order valence-electron chi connectivity index (χ0n) is 10.7. The van der Waals surface area contributed by atoms with Gasteiger partial charge in [-0.2, -0.15) is 0 Å². The van der Waals surface area contributed by atoms with E-state index < -0.39 is 0 Å². The average Bonchev–Trinajstić information content (AvgIpc) is 2.80. The van der Waals surface area contributed by atoms with Crippen molar-refractivity contribution in [3.05, 3.63) is 33.4 Å². The Morgan fingerprint density at radius 3 is 2.83 bits per heavy atom. The maximum absolute atomic E-state index is 10.9. The van der Waals surface area contributed by atoms with Crippen molar-refractivity contribution in [1.82, 2.24) is 5.32 Å². The van der Waals surface area contributed by atoms with Crippen molar-refractivity contribution < 1.29 is 9.66 Å². The second kappa shape index (κ2) is 5.35. The molecule has 0 aromatic heterocycles. The SMILES string of the molecule is Cc1cc(C)c([N+](=O)[O-])cc1OCC1CCCN1.